The third kappa shape index (κ3) is 3.95. The third-order valence-corrected chi connectivity index (χ3v) is 1.62. The third-order valence-electron chi connectivity index (χ3n) is 1.62. The van der Waals surface area contributed by atoms with Crippen LogP contribution in [0.5, 0.6) is 0 Å². The number of halogens is 1. The molecule has 3 N–H and O–H groups in total. The van der Waals surface area contributed by atoms with E-state index >= 15 is 0 Å². The van der Waals surface area contributed by atoms with Gasteiger partial charge in [-0.2, -0.15) is 4.98 Å². The molecular weight excluding hydrogens is 217 g/mol. The normalized spacial score (nSPS) is 12.8. The maximum atomic E-state index is 13.1. The van der Waals surface area contributed by atoms with Crippen molar-refractivity contribution < 1.29 is 14.2 Å². The van der Waals surface area contributed by atoms with Crippen molar-refractivity contribution in [2.24, 2.45) is 5.92 Å². The molecule has 0 saturated heterocycles. The Hall–Kier alpha value is -1.47. The fourth-order valence-corrected chi connectivity index (χ4v) is 0.933. The highest BCUT2D eigenvalue weighted by Crippen LogP contribution is 2.07. The highest BCUT2D eigenvalue weighted by molar-refractivity contribution is 5.33. The van der Waals surface area contributed by atoms with E-state index in [2.05, 4.69) is 15.3 Å². The van der Waals surface area contributed by atoms with Crippen molar-refractivity contribution in [1.29, 1.82) is 0 Å². The molecule has 0 aliphatic rings. The van der Waals surface area contributed by atoms with Gasteiger partial charge in [0.1, 0.15) is 5.82 Å². The van der Waals surface area contributed by atoms with Gasteiger partial charge in [0.05, 0.1) is 12.8 Å². The number of nitrogens with one attached hydrogen (secondary N) is 2. The second-order valence-corrected chi connectivity index (χ2v) is 3.64. The average molecular weight is 231 g/mol. The summed E-state index contributed by atoms with van der Waals surface area (Å²) in [4.78, 5) is 16.1. The minimum Gasteiger partial charge on any atom is -0.351 e. The first-order valence-corrected chi connectivity index (χ1v) is 4.80. The van der Waals surface area contributed by atoms with E-state index in [-0.39, 0.29) is 11.7 Å². The fraction of sp³-hybridized carbons (Fsp3) is 0.556. The van der Waals surface area contributed by atoms with Crippen LogP contribution in [0, 0.1) is 11.7 Å². The van der Waals surface area contributed by atoms with Gasteiger partial charge in [-0.1, -0.05) is 13.8 Å². The van der Waals surface area contributed by atoms with E-state index in [1.807, 2.05) is 13.8 Å². The summed E-state index contributed by atoms with van der Waals surface area (Å²) < 4.78 is 18.0. The highest BCUT2D eigenvalue weighted by Gasteiger charge is 2.09. The lowest BCUT2D eigenvalue weighted by atomic mass is 10.2. The second kappa shape index (κ2) is 5.57. The molecule has 1 aromatic rings. The van der Waals surface area contributed by atoms with Crippen LogP contribution >= 0.6 is 0 Å². The Morgan fingerprint density at radius 1 is 1.69 bits per heavy atom. The molecule has 0 aliphatic carbocycles. The number of aromatic nitrogens is 2. The summed E-state index contributed by atoms with van der Waals surface area (Å²) >= 11 is 0. The molecule has 0 bridgehead atoms. The monoisotopic (exact) mass is 231 g/mol. The number of aliphatic hydroxyl groups excluding tert-OH is 1. The molecule has 0 aliphatic heterocycles. The van der Waals surface area contributed by atoms with E-state index in [4.69, 9.17) is 4.74 Å². The molecule has 1 aromatic heterocycles. The lowest BCUT2D eigenvalue weighted by Crippen LogP contribution is -2.27. The first-order valence-electron chi connectivity index (χ1n) is 4.80. The van der Waals surface area contributed by atoms with Crippen LogP contribution in [0.25, 0.3) is 0 Å². The molecule has 0 spiro atoms. The van der Waals surface area contributed by atoms with Crippen molar-refractivity contribution in [2.45, 2.75) is 20.3 Å². The Morgan fingerprint density at radius 3 is 3.00 bits per heavy atom. The molecule has 0 radical (unpaired) electrons. The molecule has 7 heteroatoms. The van der Waals surface area contributed by atoms with Crippen molar-refractivity contribution >= 4 is 5.82 Å². The van der Waals surface area contributed by atoms with E-state index in [9.17, 15) is 14.3 Å². The van der Waals surface area contributed by atoms with Crippen LogP contribution in [-0.4, -0.2) is 28.1 Å². The average Bonchev–Trinajstić information content (AvgIpc) is 2.20. The molecule has 1 heterocycles. The SMILES string of the molecule is CC(C)COC(O)Nc1[nH]c(=O)ncc1F. The zero-order chi connectivity index (χ0) is 12.1. The zero-order valence-electron chi connectivity index (χ0n) is 9.03. The van der Waals surface area contributed by atoms with Crippen molar-refractivity contribution in [2.75, 3.05) is 11.9 Å². The van der Waals surface area contributed by atoms with Gasteiger partial charge in [-0.05, 0) is 5.92 Å². The summed E-state index contributed by atoms with van der Waals surface area (Å²) in [6.07, 6.45) is -0.619. The molecule has 16 heavy (non-hydrogen) atoms. The van der Waals surface area contributed by atoms with Gasteiger partial charge in [0.15, 0.2) is 5.82 Å². The molecule has 1 unspecified atom stereocenters. The van der Waals surface area contributed by atoms with Gasteiger partial charge in [0.2, 0.25) is 6.41 Å². The Kier molecular flexibility index (Phi) is 4.39. The van der Waals surface area contributed by atoms with Gasteiger partial charge in [-0.3, -0.25) is 4.98 Å². The molecule has 0 saturated carbocycles. The minimum atomic E-state index is -1.38. The highest BCUT2D eigenvalue weighted by atomic mass is 19.1. The van der Waals surface area contributed by atoms with Gasteiger partial charge in [-0.25, -0.2) is 9.18 Å². The van der Waals surface area contributed by atoms with Crippen LogP contribution in [0.1, 0.15) is 13.8 Å². The molecule has 90 valence electrons. The number of ether oxygens (including phenoxy) is 1. The number of hydrogen-bond donors (Lipinski definition) is 3. The number of rotatable bonds is 5. The standard InChI is InChI=1S/C9H14FN3O3/c1-5(2)4-16-9(15)13-7-6(10)3-11-8(14)12-7/h3,5,9,15H,4H2,1-2H3,(H2,11,12,13,14). The Morgan fingerprint density at radius 2 is 2.38 bits per heavy atom. The lowest BCUT2D eigenvalue weighted by Gasteiger charge is -2.15. The predicted molar refractivity (Wildman–Crippen MR) is 55.2 cm³/mol. The van der Waals surface area contributed by atoms with Gasteiger partial charge < -0.3 is 15.2 Å². The van der Waals surface area contributed by atoms with Crippen LogP contribution in [0.3, 0.4) is 0 Å². The first kappa shape index (κ1) is 12.6. The van der Waals surface area contributed by atoms with Gasteiger partial charge in [0, 0.05) is 0 Å². The van der Waals surface area contributed by atoms with Gasteiger partial charge in [-0.15, -0.1) is 0 Å². The zero-order valence-corrected chi connectivity index (χ0v) is 9.03. The van der Waals surface area contributed by atoms with Gasteiger partial charge in [0.25, 0.3) is 0 Å². The summed E-state index contributed by atoms with van der Waals surface area (Å²) in [7, 11) is 0. The van der Waals surface area contributed by atoms with Crippen molar-refractivity contribution in [3.63, 3.8) is 0 Å². The van der Waals surface area contributed by atoms with E-state index in [0.717, 1.165) is 6.20 Å². The Labute approximate surface area is 91.5 Å². The molecule has 0 aromatic carbocycles. The Balaban J connectivity index is 2.58. The van der Waals surface area contributed by atoms with Crippen molar-refractivity contribution in [3.05, 3.63) is 22.5 Å². The summed E-state index contributed by atoms with van der Waals surface area (Å²) in [5, 5.41) is 11.6. The van der Waals surface area contributed by atoms with E-state index in [0.29, 0.717) is 6.61 Å². The number of aliphatic hydroxyl groups is 1. The number of H-pyrrole nitrogens is 1. The van der Waals surface area contributed by atoms with E-state index in [1.54, 1.807) is 0 Å². The maximum absolute atomic E-state index is 13.1. The molecule has 6 nitrogen and oxygen atoms in total. The molecule has 1 rings (SSSR count). The van der Waals surface area contributed by atoms with Gasteiger partial charge >= 0.3 is 5.69 Å². The molecule has 1 atom stereocenters. The van der Waals surface area contributed by atoms with Crippen LogP contribution in [0.4, 0.5) is 10.2 Å². The number of hydrogen-bond acceptors (Lipinski definition) is 5. The minimum absolute atomic E-state index is 0.234. The summed E-state index contributed by atoms with van der Waals surface area (Å²) in [6, 6.07) is 0. The summed E-state index contributed by atoms with van der Waals surface area (Å²) in [6.45, 7) is 4.12. The largest absolute Gasteiger partial charge is 0.351 e. The number of anilines is 1. The lowest BCUT2D eigenvalue weighted by molar-refractivity contribution is -0.0869. The second-order valence-electron chi connectivity index (χ2n) is 3.64. The molecular formula is C9H14FN3O3. The Bertz CT molecular complexity index is 394. The van der Waals surface area contributed by atoms with Crippen LogP contribution < -0.4 is 11.0 Å². The molecule has 0 fully saturated rings. The summed E-state index contributed by atoms with van der Waals surface area (Å²) in [5.41, 5.74) is -0.708. The maximum Gasteiger partial charge on any atom is 0.346 e. The smallest absolute Gasteiger partial charge is 0.346 e. The number of nitrogens with zero attached hydrogens (tertiary/aromatic N) is 1. The quantitative estimate of drug-likeness (QED) is 0.633. The summed E-state index contributed by atoms with van der Waals surface area (Å²) in [5.74, 6) is -0.791. The fourth-order valence-electron chi connectivity index (χ4n) is 0.933. The van der Waals surface area contributed by atoms with Crippen LogP contribution in [0.15, 0.2) is 11.0 Å². The predicted octanol–water partition coefficient (Wildman–Crippen LogP) is 0.269. The number of aromatic amines is 1. The van der Waals surface area contributed by atoms with Crippen molar-refractivity contribution in [3.8, 4) is 0 Å². The van der Waals surface area contributed by atoms with E-state index in [1.165, 1.54) is 0 Å². The van der Waals surface area contributed by atoms with Crippen LogP contribution in [-0.2, 0) is 4.74 Å². The first-order chi connectivity index (χ1) is 7.49. The van der Waals surface area contributed by atoms with E-state index < -0.39 is 17.9 Å². The van der Waals surface area contributed by atoms with Crippen LogP contribution in [0.2, 0.25) is 0 Å². The molecule has 0 amide bonds. The van der Waals surface area contributed by atoms with Crippen molar-refractivity contribution in [1.82, 2.24) is 9.97 Å². The topological polar surface area (TPSA) is 87.2 Å².